The van der Waals surface area contributed by atoms with E-state index in [0.29, 0.717) is 20.3 Å². The van der Waals surface area contributed by atoms with Crippen LogP contribution in [0, 0.1) is 0 Å². The fourth-order valence-corrected chi connectivity index (χ4v) is 2.72. The lowest BCUT2D eigenvalue weighted by atomic mass is 10.1. The van der Waals surface area contributed by atoms with E-state index in [1.165, 1.54) is 14.2 Å². The van der Waals surface area contributed by atoms with Gasteiger partial charge in [-0.3, -0.25) is 4.79 Å². The second-order valence-electron chi connectivity index (χ2n) is 2.97. The molecule has 4 nitrogen and oxygen atoms in total. The van der Waals surface area contributed by atoms with E-state index in [0.717, 1.165) is 0 Å². The van der Waals surface area contributed by atoms with Crippen LogP contribution < -0.4 is 4.74 Å². The number of carbonyl (C=O) groups is 1. The summed E-state index contributed by atoms with van der Waals surface area (Å²) in [5.74, 6) is 0.0378. The Bertz CT molecular complexity index is 418. The topological polar surface area (TPSA) is 55.8 Å². The number of ether oxygens (including phenoxy) is 2. The number of phenolic OH excluding ortho intramolecular Hbond substituents is 1. The van der Waals surface area contributed by atoms with Crippen LogP contribution in [0.4, 0.5) is 0 Å². The van der Waals surface area contributed by atoms with Gasteiger partial charge in [0.25, 0.3) is 0 Å². The maximum Gasteiger partial charge on any atom is 0.310 e. The number of halogens is 2. The number of aromatic hydroxyl groups is 1. The highest BCUT2D eigenvalue weighted by Crippen LogP contribution is 2.42. The lowest BCUT2D eigenvalue weighted by Gasteiger charge is -2.11. The summed E-state index contributed by atoms with van der Waals surface area (Å²) in [7, 11) is 2.79. The van der Waals surface area contributed by atoms with Gasteiger partial charge in [-0.2, -0.15) is 0 Å². The maximum absolute atomic E-state index is 11.1. The summed E-state index contributed by atoms with van der Waals surface area (Å²) in [4.78, 5) is 11.1. The molecule has 6 heteroatoms. The van der Waals surface area contributed by atoms with Gasteiger partial charge in [0, 0.05) is 5.56 Å². The number of esters is 1. The first-order valence-corrected chi connectivity index (χ1v) is 5.90. The first kappa shape index (κ1) is 13.3. The first-order chi connectivity index (χ1) is 7.51. The van der Waals surface area contributed by atoms with Crippen molar-refractivity contribution in [2.24, 2.45) is 0 Å². The molecule has 0 amide bonds. The third-order valence-corrected chi connectivity index (χ3v) is 3.32. The van der Waals surface area contributed by atoms with Crippen molar-refractivity contribution < 1.29 is 19.4 Å². The molecule has 0 aliphatic rings. The van der Waals surface area contributed by atoms with Gasteiger partial charge < -0.3 is 14.6 Å². The van der Waals surface area contributed by atoms with Gasteiger partial charge >= 0.3 is 5.97 Å². The molecular formula is C10H10Br2O4. The van der Waals surface area contributed by atoms with Crippen molar-refractivity contribution in [2.75, 3.05) is 14.2 Å². The normalized spacial score (nSPS) is 10.0. The predicted molar refractivity (Wildman–Crippen MR) is 65.8 cm³/mol. The van der Waals surface area contributed by atoms with Crippen LogP contribution >= 0.6 is 31.9 Å². The van der Waals surface area contributed by atoms with Crippen LogP contribution in [0.25, 0.3) is 0 Å². The molecule has 0 saturated carbocycles. The fraction of sp³-hybridized carbons (Fsp3) is 0.300. The second-order valence-corrected chi connectivity index (χ2v) is 4.61. The third kappa shape index (κ3) is 2.68. The van der Waals surface area contributed by atoms with Crippen LogP contribution in [0.5, 0.6) is 11.5 Å². The van der Waals surface area contributed by atoms with E-state index in [2.05, 4.69) is 36.6 Å². The minimum absolute atomic E-state index is 0.00350. The van der Waals surface area contributed by atoms with Gasteiger partial charge in [0.2, 0.25) is 0 Å². The number of carbonyl (C=O) groups excluding carboxylic acids is 1. The molecule has 0 aliphatic carbocycles. The minimum Gasteiger partial charge on any atom is -0.506 e. The smallest absolute Gasteiger partial charge is 0.310 e. The molecule has 0 heterocycles. The molecule has 16 heavy (non-hydrogen) atoms. The summed E-state index contributed by atoms with van der Waals surface area (Å²) in [5.41, 5.74) is 0.464. The van der Waals surface area contributed by atoms with E-state index in [9.17, 15) is 9.90 Å². The molecule has 0 saturated heterocycles. The zero-order valence-electron chi connectivity index (χ0n) is 8.71. The van der Waals surface area contributed by atoms with Gasteiger partial charge in [0.15, 0.2) is 5.75 Å². The summed E-state index contributed by atoms with van der Waals surface area (Å²) in [6.45, 7) is 0. The van der Waals surface area contributed by atoms with E-state index in [1.54, 1.807) is 6.07 Å². The van der Waals surface area contributed by atoms with Crippen molar-refractivity contribution in [1.82, 2.24) is 0 Å². The molecule has 1 rings (SSSR count). The molecule has 1 aromatic rings. The average molecular weight is 354 g/mol. The Hall–Kier alpha value is -0.750. The summed E-state index contributed by atoms with van der Waals surface area (Å²) in [6, 6.07) is 1.62. The van der Waals surface area contributed by atoms with Crippen molar-refractivity contribution in [1.29, 1.82) is 0 Å². The quantitative estimate of drug-likeness (QED) is 0.849. The van der Waals surface area contributed by atoms with Gasteiger partial charge in [0.1, 0.15) is 10.2 Å². The van der Waals surface area contributed by atoms with E-state index >= 15 is 0 Å². The molecule has 0 aromatic heterocycles. The molecule has 88 valence electrons. The number of hydrogen-bond acceptors (Lipinski definition) is 4. The summed E-state index contributed by atoms with van der Waals surface area (Å²) in [5, 5.41) is 9.82. The molecule has 0 atom stereocenters. The molecular weight excluding hydrogens is 344 g/mol. The van der Waals surface area contributed by atoms with Gasteiger partial charge in [-0.25, -0.2) is 0 Å². The highest BCUT2D eigenvalue weighted by molar-refractivity contribution is 9.11. The first-order valence-electron chi connectivity index (χ1n) is 4.31. The zero-order valence-corrected chi connectivity index (χ0v) is 11.9. The molecule has 1 aromatic carbocycles. The monoisotopic (exact) mass is 352 g/mol. The molecule has 0 fully saturated rings. The Balaban J connectivity index is 3.18. The summed E-state index contributed by atoms with van der Waals surface area (Å²) in [6.07, 6.45) is 0.00350. The lowest BCUT2D eigenvalue weighted by Crippen LogP contribution is -2.05. The van der Waals surface area contributed by atoms with E-state index in [4.69, 9.17) is 4.74 Å². The third-order valence-electron chi connectivity index (χ3n) is 2.00. The largest absolute Gasteiger partial charge is 0.506 e. The van der Waals surface area contributed by atoms with Crippen LogP contribution in [-0.4, -0.2) is 25.3 Å². The van der Waals surface area contributed by atoms with Gasteiger partial charge in [-0.1, -0.05) is 0 Å². The second kappa shape index (κ2) is 5.54. The van der Waals surface area contributed by atoms with Crippen LogP contribution in [0.3, 0.4) is 0 Å². The molecule has 1 N–H and O–H groups in total. The van der Waals surface area contributed by atoms with Crippen LogP contribution in [-0.2, 0) is 16.0 Å². The number of benzene rings is 1. The Morgan fingerprint density at radius 2 is 2.06 bits per heavy atom. The highest BCUT2D eigenvalue weighted by atomic mass is 79.9. The van der Waals surface area contributed by atoms with E-state index in [-0.39, 0.29) is 12.2 Å². The van der Waals surface area contributed by atoms with Gasteiger partial charge in [-0.05, 0) is 37.9 Å². The van der Waals surface area contributed by atoms with Gasteiger partial charge in [-0.15, -0.1) is 0 Å². The predicted octanol–water partition coefficient (Wildman–Crippen LogP) is 2.64. The maximum atomic E-state index is 11.1. The Labute approximate surface area is 110 Å². The SMILES string of the molecule is COC(=O)Cc1cc(Br)c(OC)c(Br)c1O. The van der Waals surface area contributed by atoms with Crippen molar-refractivity contribution in [2.45, 2.75) is 6.42 Å². The molecule has 0 spiro atoms. The van der Waals surface area contributed by atoms with Crippen molar-refractivity contribution in [3.63, 3.8) is 0 Å². The molecule has 0 unspecified atom stereocenters. The van der Waals surface area contributed by atoms with Crippen molar-refractivity contribution in [3.8, 4) is 11.5 Å². The van der Waals surface area contributed by atoms with Gasteiger partial charge in [0.05, 0.1) is 25.1 Å². The number of methoxy groups -OCH3 is 2. The molecule has 0 aliphatic heterocycles. The molecule has 0 bridgehead atoms. The Morgan fingerprint density at radius 1 is 1.44 bits per heavy atom. The fourth-order valence-electron chi connectivity index (χ4n) is 1.19. The number of phenols is 1. The average Bonchev–Trinajstić information content (AvgIpc) is 2.26. The summed E-state index contributed by atoms with van der Waals surface area (Å²) >= 11 is 6.48. The van der Waals surface area contributed by atoms with Crippen LogP contribution in [0.1, 0.15) is 5.56 Å². The number of hydrogen-bond donors (Lipinski definition) is 1. The Morgan fingerprint density at radius 3 is 2.56 bits per heavy atom. The van der Waals surface area contributed by atoms with E-state index < -0.39 is 5.97 Å². The summed E-state index contributed by atoms with van der Waals surface area (Å²) < 4.78 is 10.7. The van der Waals surface area contributed by atoms with Crippen LogP contribution in [0.15, 0.2) is 15.0 Å². The minimum atomic E-state index is -0.417. The standard InChI is InChI=1S/C10H10Br2O4/c1-15-7(13)4-5-3-6(11)10(16-2)8(12)9(5)14/h3,14H,4H2,1-2H3. The lowest BCUT2D eigenvalue weighted by molar-refractivity contribution is -0.139. The van der Waals surface area contributed by atoms with E-state index in [1.807, 2.05) is 0 Å². The highest BCUT2D eigenvalue weighted by Gasteiger charge is 2.17. The van der Waals surface area contributed by atoms with Crippen molar-refractivity contribution in [3.05, 3.63) is 20.6 Å². The molecule has 0 radical (unpaired) electrons. The zero-order chi connectivity index (χ0) is 12.3. The Kier molecular flexibility index (Phi) is 4.61. The van der Waals surface area contributed by atoms with Crippen LogP contribution in [0.2, 0.25) is 0 Å². The number of rotatable bonds is 3. The van der Waals surface area contributed by atoms with Crippen molar-refractivity contribution >= 4 is 37.8 Å².